The third kappa shape index (κ3) is 3.39. The van der Waals surface area contributed by atoms with Gasteiger partial charge in [0.05, 0.1) is 32.6 Å². The number of nitrogens with zero attached hydrogens (tertiary/aromatic N) is 2. The number of aromatic nitrogens is 2. The number of hydrogen-bond acceptors (Lipinski definition) is 6. The van der Waals surface area contributed by atoms with Crippen molar-refractivity contribution < 1.29 is 23.5 Å². The Morgan fingerprint density at radius 1 is 1.35 bits per heavy atom. The molecule has 0 fully saturated rings. The Labute approximate surface area is 149 Å². The van der Waals surface area contributed by atoms with Crippen molar-refractivity contribution in [3.63, 3.8) is 0 Å². The molecule has 0 spiro atoms. The molecule has 3 aromatic rings. The number of benzene rings is 1. The smallest absolute Gasteiger partial charge is 0.343 e. The Balaban J connectivity index is 1.78. The Kier molecular flexibility index (Phi) is 4.92. The van der Waals surface area contributed by atoms with Gasteiger partial charge in [0.2, 0.25) is 5.91 Å². The maximum absolute atomic E-state index is 12.5. The van der Waals surface area contributed by atoms with E-state index in [1.165, 1.54) is 10.9 Å². The third-order valence-corrected chi connectivity index (χ3v) is 3.91. The summed E-state index contributed by atoms with van der Waals surface area (Å²) in [6.45, 7) is 1.96. The fraction of sp³-hybridized carbons (Fsp3) is 0.278. The number of fused-ring (bicyclic) bond motifs is 1. The molecule has 0 aliphatic rings. The SMILES string of the molecule is CCOC(=O)c1cnn(C)c1NC(=O)Cc1coc2cc(OC)ccc12. The lowest BCUT2D eigenvalue weighted by Gasteiger charge is -2.08. The van der Waals surface area contributed by atoms with Gasteiger partial charge < -0.3 is 19.2 Å². The predicted octanol–water partition coefficient (Wildman–Crippen LogP) is 2.53. The molecule has 0 saturated carbocycles. The molecule has 0 saturated heterocycles. The largest absolute Gasteiger partial charge is 0.497 e. The van der Waals surface area contributed by atoms with Gasteiger partial charge in [0.1, 0.15) is 22.7 Å². The fourth-order valence-corrected chi connectivity index (χ4v) is 2.62. The number of rotatable bonds is 6. The van der Waals surface area contributed by atoms with Gasteiger partial charge in [0.15, 0.2) is 0 Å². The van der Waals surface area contributed by atoms with E-state index in [4.69, 9.17) is 13.9 Å². The monoisotopic (exact) mass is 357 g/mol. The van der Waals surface area contributed by atoms with E-state index >= 15 is 0 Å². The van der Waals surface area contributed by atoms with E-state index in [-0.39, 0.29) is 24.5 Å². The van der Waals surface area contributed by atoms with Crippen molar-refractivity contribution in [1.29, 1.82) is 0 Å². The van der Waals surface area contributed by atoms with Crippen LogP contribution in [-0.4, -0.2) is 35.4 Å². The number of furan rings is 1. The number of carbonyl (C=O) groups is 2. The number of ether oxygens (including phenoxy) is 2. The second-order valence-electron chi connectivity index (χ2n) is 5.60. The lowest BCUT2D eigenvalue weighted by Crippen LogP contribution is -2.19. The molecule has 1 aromatic carbocycles. The Bertz CT molecular complexity index is 957. The highest BCUT2D eigenvalue weighted by atomic mass is 16.5. The van der Waals surface area contributed by atoms with E-state index in [0.717, 1.165) is 10.9 Å². The van der Waals surface area contributed by atoms with Gasteiger partial charge in [-0.2, -0.15) is 5.10 Å². The van der Waals surface area contributed by atoms with Crippen LogP contribution >= 0.6 is 0 Å². The van der Waals surface area contributed by atoms with E-state index in [1.54, 1.807) is 39.5 Å². The lowest BCUT2D eigenvalue weighted by atomic mass is 10.1. The summed E-state index contributed by atoms with van der Waals surface area (Å²) in [7, 11) is 3.21. The number of methoxy groups -OCH3 is 1. The molecule has 0 radical (unpaired) electrons. The maximum atomic E-state index is 12.5. The van der Waals surface area contributed by atoms with Crippen molar-refractivity contribution in [2.75, 3.05) is 19.0 Å². The van der Waals surface area contributed by atoms with Crippen LogP contribution in [0.2, 0.25) is 0 Å². The van der Waals surface area contributed by atoms with Gasteiger partial charge in [-0.25, -0.2) is 4.79 Å². The number of esters is 1. The van der Waals surface area contributed by atoms with Crippen LogP contribution in [0.4, 0.5) is 5.82 Å². The highest BCUT2D eigenvalue weighted by molar-refractivity contribution is 6.01. The summed E-state index contributed by atoms with van der Waals surface area (Å²) >= 11 is 0. The summed E-state index contributed by atoms with van der Waals surface area (Å²) in [5.41, 5.74) is 1.59. The standard InChI is InChI=1S/C18H19N3O5/c1-4-25-18(23)14-9-19-21(2)17(14)20-16(22)7-11-10-26-15-8-12(24-3)5-6-13(11)15/h5-6,8-10H,4,7H2,1-3H3,(H,20,22). The first-order chi connectivity index (χ1) is 12.5. The molecule has 0 aliphatic carbocycles. The average molecular weight is 357 g/mol. The van der Waals surface area contributed by atoms with Crippen LogP contribution in [0.3, 0.4) is 0 Å². The zero-order valence-electron chi connectivity index (χ0n) is 14.7. The number of hydrogen-bond donors (Lipinski definition) is 1. The molecular weight excluding hydrogens is 338 g/mol. The van der Waals surface area contributed by atoms with Crippen LogP contribution in [0, 0.1) is 0 Å². The molecule has 0 unspecified atom stereocenters. The molecule has 8 nitrogen and oxygen atoms in total. The van der Waals surface area contributed by atoms with Crippen molar-refractivity contribution >= 4 is 28.7 Å². The normalized spacial score (nSPS) is 10.7. The van der Waals surface area contributed by atoms with E-state index in [1.807, 2.05) is 6.07 Å². The second kappa shape index (κ2) is 7.30. The van der Waals surface area contributed by atoms with Crippen molar-refractivity contribution in [2.45, 2.75) is 13.3 Å². The van der Waals surface area contributed by atoms with Crippen molar-refractivity contribution in [3.8, 4) is 5.75 Å². The number of carbonyl (C=O) groups excluding carboxylic acids is 2. The third-order valence-electron chi connectivity index (χ3n) is 3.91. The van der Waals surface area contributed by atoms with Gasteiger partial charge in [-0.1, -0.05) is 0 Å². The first-order valence-corrected chi connectivity index (χ1v) is 8.06. The summed E-state index contributed by atoms with van der Waals surface area (Å²) in [4.78, 5) is 24.4. The fourth-order valence-electron chi connectivity index (χ4n) is 2.62. The molecule has 26 heavy (non-hydrogen) atoms. The van der Waals surface area contributed by atoms with E-state index in [0.29, 0.717) is 17.2 Å². The average Bonchev–Trinajstić information content (AvgIpc) is 3.19. The molecular formula is C18H19N3O5. The van der Waals surface area contributed by atoms with Crippen LogP contribution in [-0.2, 0) is 23.0 Å². The topological polar surface area (TPSA) is 95.6 Å². The second-order valence-corrected chi connectivity index (χ2v) is 5.60. The molecule has 136 valence electrons. The molecule has 2 heterocycles. The number of aryl methyl sites for hydroxylation is 1. The van der Waals surface area contributed by atoms with Gasteiger partial charge in [0, 0.05) is 24.1 Å². The maximum Gasteiger partial charge on any atom is 0.343 e. The minimum absolute atomic E-state index is 0.0901. The molecule has 0 aliphatic heterocycles. The van der Waals surface area contributed by atoms with Crippen LogP contribution < -0.4 is 10.1 Å². The predicted molar refractivity (Wildman–Crippen MR) is 94.3 cm³/mol. The quantitative estimate of drug-likeness (QED) is 0.681. The molecule has 1 N–H and O–H groups in total. The molecule has 8 heteroatoms. The molecule has 2 aromatic heterocycles. The summed E-state index contributed by atoms with van der Waals surface area (Å²) in [5.74, 6) is 0.147. The summed E-state index contributed by atoms with van der Waals surface area (Å²) in [6, 6.07) is 5.41. The van der Waals surface area contributed by atoms with Crippen LogP contribution in [0.5, 0.6) is 5.75 Å². The van der Waals surface area contributed by atoms with Gasteiger partial charge in [0.25, 0.3) is 0 Å². The summed E-state index contributed by atoms with van der Waals surface area (Å²) in [6.07, 6.45) is 3.00. The van der Waals surface area contributed by atoms with Crippen molar-refractivity contribution in [1.82, 2.24) is 9.78 Å². The van der Waals surface area contributed by atoms with E-state index in [2.05, 4.69) is 10.4 Å². The van der Waals surface area contributed by atoms with E-state index in [9.17, 15) is 9.59 Å². The van der Waals surface area contributed by atoms with Gasteiger partial charge in [-0.05, 0) is 19.1 Å². The first-order valence-electron chi connectivity index (χ1n) is 8.06. The molecule has 3 rings (SSSR count). The van der Waals surface area contributed by atoms with Gasteiger partial charge >= 0.3 is 5.97 Å². The Morgan fingerprint density at radius 2 is 2.15 bits per heavy atom. The highest BCUT2D eigenvalue weighted by Crippen LogP contribution is 2.26. The number of anilines is 1. The highest BCUT2D eigenvalue weighted by Gasteiger charge is 2.20. The molecule has 0 bridgehead atoms. The van der Waals surface area contributed by atoms with Gasteiger partial charge in [-0.15, -0.1) is 0 Å². The zero-order chi connectivity index (χ0) is 18.7. The number of nitrogens with one attached hydrogen (secondary N) is 1. The number of amides is 1. The Morgan fingerprint density at radius 3 is 2.88 bits per heavy atom. The van der Waals surface area contributed by atoms with E-state index < -0.39 is 5.97 Å². The summed E-state index contributed by atoms with van der Waals surface area (Å²) in [5, 5.41) is 7.56. The molecule has 1 amide bonds. The van der Waals surface area contributed by atoms with Crippen LogP contribution in [0.25, 0.3) is 11.0 Å². The van der Waals surface area contributed by atoms with Crippen LogP contribution in [0.1, 0.15) is 22.8 Å². The van der Waals surface area contributed by atoms with Crippen molar-refractivity contribution in [2.24, 2.45) is 7.05 Å². The first kappa shape index (κ1) is 17.5. The van der Waals surface area contributed by atoms with Crippen molar-refractivity contribution in [3.05, 3.63) is 41.8 Å². The molecule has 0 atom stereocenters. The summed E-state index contributed by atoms with van der Waals surface area (Å²) < 4.78 is 17.0. The van der Waals surface area contributed by atoms with Crippen LogP contribution in [0.15, 0.2) is 35.1 Å². The zero-order valence-corrected chi connectivity index (χ0v) is 14.7. The minimum Gasteiger partial charge on any atom is -0.497 e. The minimum atomic E-state index is -0.531. The Hall–Kier alpha value is -3.29. The van der Waals surface area contributed by atoms with Gasteiger partial charge in [-0.3, -0.25) is 9.48 Å². The lowest BCUT2D eigenvalue weighted by molar-refractivity contribution is -0.115.